The number of hydrogen-bond acceptors (Lipinski definition) is 3. The van der Waals surface area contributed by atoms with E-state index in [1.807, 2.05) is 24.3 Å². The Bertz CT molecular complexity index is 719. The molecule has 4 nitrogen and oxygen atoms in total. The van der Waals surface area contributed by atoms with Crippen LogP contribution in [0, 0.1) is 0 Å². The number of nitrogen functional groups attached to an aromatic ring is 1. The Labute approximate surface area is 145 Å². The largest absolute Gasteiger partial charge is 0.494 e. The minimum absolute atomic E-state index is 0.0538. The topological polar surface area (TPSA) is 64.3 Å². The van der Waals surface area contributed by atoms with E-state index in [1.54, 1.807) is 12.1 Å². The van der Waals surface area contributed by atoms with Crippen molar-refractivity contribution in [1.29, 1.82) is 0 Å². The van der Waals surface area contributed by atoms with Gasteiger partial charge in [0.25, 0.3) is 5.91 Å². The van der Waals surface area contributed by atoms with Crippen LogP contribution in [0.5, 0.6) is 5.75 Å². The van der Waals surface area contributed by atoms with Crippen molar-refractivity contribution < 1.29 is 9.53 Å². The van der Waals surface area contributed by atoms with Crippen molar-refractivity contribution in [3.05, 3.63) is 52.0 Å². The number of carbonyl (C=O) groups excluding carboxylic acids is 1. The molecule has 2 aromatic carbocycles. The molecular formula is C18H21BrN2O2. The minimum Gasteiger partial charge on any atom is -0.494 e. The lowest BCUT2D eigenvalue weighted by Gasteiger charge is -2.19. The summed E-state index contributed by atoms with van der Waals surface area (Å²) in [6.45, 7) is 6.41. The number of hydrogen-bond donors (Lipinski definition) is 2. The molecule has 0 radical (unpaired) electrons. The van der Waals surface area contributed by atoms with Crippen molar-refractivity contribution in [3.63, 3.8) is 0 Å². The van der Waals surface area contributed by atoms with Crippen LogP contribution in [-0.4, -0.2) is 13.0 Å². The van der Waals surface area contributed by atoms with E-state index >= 15 is 0 Å². The number of methoxy groups -OCH3 is 1. The van der Waals surface area contributed by atoms with E-state index in [4.69, 9.17) is 10.5 Å². The number of anilines is 2. The lowest BCUT2D eigenvalue weighted by Crippen LogP contribution is -2.15. The lowest BCUT2D eigenvalue weighted by atomic mass is 9.87. The summed E-state index contributed by atoms with van der Waals surface area (Å²) in [6.07, 6.45) is 0. The molecule has 0 aliphatic rings. The number of halogens is 1. The van der Waals surface area contributed by atoms with Gasteiger partial charge in [0.1, 0.15) is 5.75 Å². The van der Waals surface area contributed by atoms with Gasteiger partial charge in [-0.2, -0.15) is 0 Å². The summed E-state index contributed by atoms with van der Waals surface area (Å²) < 4.78 is 5.96. The molecule has 0 heterocycles. The Kier molecular flexibility index (Phi) is 5.00. The fourth-order valence-corrected chi connectivity index (χ4v) is 2.75. The van der Waals surface area contributed by atoms with Crippen LogP contribution in [-0.2, 0) is 5.41 Å². The number of amides is 1. The van der Waals surface area contributed by atoms with Gasteiger partial charge >= 0.3 is 0 Å². The van der Waals surface area contributed by atoms with Gasteiger partial charge in [-0.25, -0.2) is 0 Å². The van der Waals surface area contributed by atoms with Crippen molar-refractivity contribution in [3.8, 4) is 5.75 Å². The molecule has 0 aromatic heterocycles. The highest BCUT2D eigenvalue weighted by molar-refractivity contribution is 9.10. The Morgan fingerprint density at radius 1 is 1.17 bits per heavy atom. The second-order valence-corrected chi connectivity index (χ2v) is 7.22. The van der Waals surface area contributed by atoms with Crippen LogP contribution >= 0.6 is 15.9 Å². The van der Waals surface area contributed by atoms with Crippen molar-refractivity contribution in [2.45, 2.75) is 26.2 Å². The molecule has 0 aliphatic carbocycles. The average molecular weight is 377 g/mol. The highest BCUT2D eigenvalue weighted by Crippen LogP contribution is 2.35. The van der Waals surface area contributed by atoms with Crippen LogP contribution < -0.4 is 15.8 Å². The van der Waals surface area contributed by atoms with Gasteiger partial charge in [-0.1, -0.05) is 32.9 Å². The molecule has 0 aliphatic heterocycles. The fourth-order valence-electron chi connectivity index (χ4n) is 2.19. The Balaban J connectivity index is 2.26. The minimum atomic E-state index is -0.200. The molecule has 0 saturated carbocycles. The van der Waals surface area contributed by atoms with Crippen LogP contribution in [0.25, 0.3) is 0 Å². The zero-order valence-electron chi connectivity index (χ0n) is 13.7. The third-order valence-corrected chi connectivity index (χ3v) is 4.17. The van der Waals surface area contributed by atoms with Crippen molar-refractivity contribution in [2.75, 3.05) is 18.2 Å². The molecule has 122 valence electrons. The quantitative estimate of drug-likeness (QED) is 0.769. The second-order valence-electron chi connectivity index (χ2n) is 6.36. The van der Waals surface area contributed by atoms with Gasteiger partial charge < -0.3 is 15.8 Å². The van der Waals surface area contributed by atoms with Crippen molar-refractivity contribution in [2.24, 2.45) is 0 Å². The average Bonchev–Trinajstić information content (AvgIpc) is 2.48. The first-order valence-electron chi connectivity index (χ1n) is 7.27. The van der Waals surface area contributed by atoms with Crippen LogP contribution in [0.15, 0.2) is 40.9 Å². The zero-order chi connectivity index (χ0) is 17.2. The first-order chi connectivity index (χ1) is 10.7. The zero-order valence-corrected chi connectivity index (χ0v) is 15.3. The number of carbonyl (C=O) groups is 1. The van der Waals surface area contributed by atoms with Crippen molar-refractivity contribution >= 4 is 33.2 Å². The predicted octanol–water partition coefficient (Wildman–Crippen LogP) is 4.59. The monoisotopic (exact) mass is 376 g/mol. The molecule has 0 unspecified atom stereocenters. The summed E-state index contributed by atoms with van der Waals surface area (Å²) in [5, 5.41) is 2.87. The SMILES string of the molecule is COc1cc(N)cc(Br)c1NC(=O)c1ccc(C(C)(C)C)cc1. The number of ether oxygens (including phenoxy) is 1. The summed E-state index contributed by atoms with van der Waals surface area (Å²) in [4.78, 5) is 12.5. The molecular weight excluding hydrogens is 356 g/mol. The Morgan fingerprint density at radius 3 is 2.30 bits per heavy atom. The summed E-state index contributed by atoms with van der Waals surface area (Å²) in [6, 6.07) is 11.0. The summed E-state index contributed by atoms with van der Waals surface area (Å²) in [7, 11) is 1.54. The third-order valence-electron chi connectivity index (χ3n) is 3.55. The second kappa shape index (κ2) is 6.62. The highest BCUT2D eigenvalue weighted by Gasteiger charge is 2.16. The number of nitrogens with two attached hydrogens (primary N) is 1. The summed E-state index contributed by atoms with van der Waals surface area (Å²) >= 11 is 3.40. The Morgan fingerprint density at radius 2 is 1.78 bits per heavy atom. The number of nitrogens with one attached hydrogen (secondary N) is 1. The van der Waals surface area contributed by atoms with E-state index in [2.05, 4.69) is 42.0 Å². The molecule has 5 heteroatoms. The number of benzene rings is 2. The molecule has 0 bridgehead atoms. The first kappa shape index (κ1) is 17.3. The van der Waals surface area contributed by atoms with Crippen LogP contribution in [0.3, 0.4) is 0 Å². The van der Waals surface area contributed by atoms with E-state index in [0.29, 0.717) is 27.2 Å². The smallest absolute Gasteiger partial charge is 0.255 e. The fraction of sp³-hybridized carbons (Fsp3) is 0.278. The summed E-state index contributed by atoms with van der Waals surface area (Å²) in [5.41, 5.74) is 8.72. The van der Waals surface area contributed by atoms with Crippen LogP contribution in [0.2, 0.25) is 0 Å². The first-order valence-corrected chi connectivity index (χ1v) is 8.06. The van der Waals surface area contributed by atoms with Crippen LogP contribution in [0.1, 0.15) is 36.7 Å². The Hall–Kier alpha value is -2.01. The standard InChI is InChI=1S/C18H21BrN2O2/c1-18(2,3)12-7-5-11(6-8-12)17(22)21-16-14(19)9-13(20)10-15(16)23-4/h5-10H,20H2,1-4H3,(H,21,22). The van der Waals surface area contributed by atoms with E-state index < -0.39 is 0 Å². The summed E-state index contributed by atoms with van der Waals surface area (Å²) in [5.74, 6) is 0.311. The third kappa shape index (κ3) is 4.05. The van der Waals surface area contributed by atoms with Gasteiger partial charge in [-0.3, -0.25) is 4.79 Å². The van der Waals surface area contributed by atoms with E-state index in [9.17, 15) is 4.79 Å². The molecule has 1 amide bonds. The molecule has 0 saturated heterocycles. The van der Waals surface area contributed by atoms with Crippen molar-refractivity contribution in [1.82, 2.24) is 0 Å². The molecule has 0 atom stereocenters. The van der Waals surface area contributed by atoms with E-state index in [-0.39, 0.29) is 11.3 Å². The van der Waals surface area contributed by atoms with E-state index in [0.717, 1.165) is 0 Å². The molecule has 2 rings (SSSR count). The predicted molar refractivity (Wildman–Crippen MR) is 98.2 cm³/mol. The van der Waals surface area contributed by atoms with Gasteiger partial charge in [-0.05, 0) is 45.1 Å². The van der Waals surface area contributed by atoms with Gasteiger partial charge in [-0.15, -0.1) is 0 Å². The normalized spacial score (nSPS) is 11.2. The van der Waals surface area contributed by atoms with Crippen LogP contribution in [0.4, 0.5) is 11.4 Å². The molecule has 23 heavy (non-hydrogen) atoms. The molecule has 3 N–H and O–H groups in total. The number of rotatable bonds is 3. The molecule has 0 spiro atoms. The molecule has 2 aromatic rings. The maximum absolute atomic E-state index is 12.5. The lowest BCUT2D eigenvalue weighted by molar-refractivity contribution is 0.102. The molecule has 0 fully saturated rings. The van der Waals surface area contributed by atoms with Gasteiger partial charge in [0, 0.05) is 21.8 Å². The van der Waals surface area contributed by atoms with E-state index in [1.165, 1.54) is 12.7 Å². The van der Waals surface area contributed by atoms with Gasteiger partial charge in [0.15, 0.2) is 0 Å². The van der Waals surface area contributed by atoms with Gasteiger partial charge in [0.05, 0.1) is 12.8 Å². The highest BCUT2D eigenvalue weighted by atomic mass is 79.9. The maximum atomic E-state index is 12.5. The van der Waals surface area contributed by atoms with Gasteiger partial charge in [0.2, 0.25) is 0 Å². The maximum Gasteiger partial charge on any atom is 0.255 e.